The van der Waals surface area contributed by atoms with E-state index in [1.807, 2.05) is 31.2 Å². The highest BCUT2D eigenvalue weighted by Crippen LogP contribution is 2.28. The molecule has 24 heavy (non-hydrogen) atoms. The van der Waals surface area contributed by atoms with Crippen molar-refractivity contribution in [2.75, 3.05) is 14.1 Å². The molecule has 0 saturated carbocycles. The first-order chi connectivity index (χ1) is 11.2. The van der Waals surface area contributed by atoms with E-state index in [9.17, 15) is 18.3 Å². The predicted octanol–water partition coefficient (Wildman–Crippen LogP) is 3.24. The van der Waals surface area contributed by atoms with Gasteiger partial charge in [-0.05, 0) is 30.7 Å². The van der Waals surface area contributed by atoms with Gasteiger partial charge in [0.1, 0.15) is 0 Å². The van der Waals surface area contributed by atoms with Gasteiger partial charge in [0.05, 0.1) is 10.5 Å². The fourth-order valence-corrected chi connectivity index (χ4v) is 3.98. The van der Waals surface area contributed by atoms with E-state index in [1.165, 1.54) is 44.1 Å². The smallest absolute Gasteiger partial charge is 0.335 e. The highest BCUT2D eigenvalue weighted by Gasteiger charge is 2.20. The summed E-state index contributed by atoms with van der Waals surface area (Å²) in [5, 5.41) is 9.24. The molecule has 0 atom stereocenters. The lowest BCUT2D eigenvalue weighted by molar-refractivity contribution is 0.0696. The Kier molecular flexibility index (Phi) is 5.69. The third kappa shape index (κ3) is 4.37. The van der Waals surface area contributed by atoms with Crippen molar-refractivity contribution in [2.45, 2.75) is 22.5 Å². The summed E-state index contributed by atoms with van der Waals surface area (Å²) in [7, 11) is -0.850. The van der Waals surface area contributed by atoms with Crippen LogP contribution in [0, 0.1) is 6.92 Å². The van der Waals surface area contributed by atoms with Crippen LogP contribution in [-0.2, 0) is 15.8 Å². The molecular weight excluding hydrogens is 346 g/mol. The molecule has 128 valence electrons. The second-order valence-electron chi connectivity index (χ2n) is 5.56. The van der Waals surface area contributed by atoms with Crippen LogP contribution in [0.25, 0.3) is 0 Å². The zero-order valence-corrected chi connectivity index (χ0v) is 15.3. The van der Waals surface area contributed by atoms with Gasteiger partial charge in [-0.2, -0.15) is 0 Å². The highest BCUT2D eigenvalue weighted by molar-refractivity contribution is 7.98. The maximum Gasteiger partial charge on any atom is 0.335 e. The molecule has 2 aromatic carbocycles. The van der Waals surface area contributed by atoms with Crippen molar-refractivity contribution in [1.82, 2.24) is 4.31 Å². The number of thioether (sulfide) groups is 1. The number of hydrogen-bond acceptors (Lipinski definition) is 4. The number of sulfonamides is 1. The van der Waals surface area contributed by atoms with Crippen molar-refractivity contribution in [2.24, 2.45) is 0 Å². The number of carboxylic acid groups (broad SMARTS) is 1. The fraction of sp³-hybridized carbons (Fsp3) is 0.235. The molecule has 7 heteroatoms. The van der Waals surface area contributed by atoms with Crippen molar-refractivity contribution in [3.05, 3.63) is 59.2 Å². The molecule has 0 heterocycles. The molecule has 0 radical (unpaired) electrons. The van der Waals surface area contributed by atoms with Gasteiger partial charge in [-0.15, -0.1) is 11.8 Å². The standard InChI is InChI=1S/C17H19NO4S2/c1-12-4-6-13(7-5-12)11-23-15-8-14(17(19)20)9-16(10-15)24(21,22)18(2)3/h4-10H,11H2,1-3H3,(H,19,20). The van der Waals surface area contributed by atoms with E-state index in [4.69, 9.17) is 0 Å². The number of benzene rings is 2. The van der Waals surface area contributed by atoms with Crippen molar-refractivity contribution in [3.8, 4) is 0 Å². The second kappa shape index (κ2) is 7.38. The quantitative estimate of drug-likeness (QED) is 0.796. The molecule has 2 aromatic rings. The number of carboxylic acids is 1. The van der Waals surface area contributed by atoms with Gasteiger partial charge in [-0.25, -0.2) is 17.5 Å². The third-order valence-electron chi connectivity index (χ3n) is 3.43. The molecule has 0 fully saturated rings. The number of nitrogens with zero attached hydrogens (tertiary/aromatic N) is 1. The van der Waals surface area contributed by atoms with Crippen molar-refractivity contribution in [1.29, 1.82) is 0 Å². The third-order valence-corrected chi connectivity index (χ3v) is 6.27. The first kappa shape index (κ1) is 18.5. The van der Waals surface area contributed by atoms with Gasteiger partial charge in [0.25, 0.3) is 0 Å². The Balaban J connectivity index is 2.33. The first-order valence-corrected chi connectivity index (χ1v) is 9.62. The molecule has 0 bridgehead atoms. The van der Waals surface area contributed by atoms with Gasteiger partial charge in [0.15, 0.2) is 0 Å². The van der Waals surface area contributed by atoms with E-state index in [2.05, 4.69) is 0 Å². The average molecular weight is 365 g/mol. The Morgan fingerprint density at radius 1 is 1.12 bits per heavy atom. The van der Waals surface area contributed by atoms with E-state index < -0.39 is 16.0 Å². The van der Waals surface area contributed by atoms with E-state index in [-0.39, 0.29) is 10.5 Å². The van der Waals surface area contributed by atoms with Gasteiger partial charge in [0.2, 0.25) is 10.0 Å². The number of rotatable bonds is 6. The van der Waals surface area contributed by atoms with Crippen LogP contribution in [-0.4, -0.2) is 37.9 Å². The summed E-state index contributed by atoms with van der Waals surface area (Å²) < 4.78 is 25.7. The zero-order valence-electron chi connectivity index (χ0n) is 13.7. The lowest BCUT2D eigenvalue weighted by Crippen LogP contribution is -2.22. The van der Waals surface area contributed by atoms with Gasteiger partial charge in [-0.3, -0.25) is 0 Å². The van der Waals surface area contributed by atoms with Crippen LogP contribution in [0.2, 0.25) is 0 Å². The van der Waals surface area contributed by atoms with Crippen molar-refractivity contribution >= 4 is 27.8 Å². The molecule has 2 rings (SSSR count). The first-order valence-electron chi connectivity index (χ1n) is 7.19. The monoisotopic (exact) mass is 365 g/mol. The average Bonchev–Trinajstić information content (AvgIpc) is 2.53. The van der Waals surface area contributed by atoms with E-state index in [0.717, 1.165) is 15.4 Å². The molecule has 0 spiro atoms. The molecule has 0 aliphatic carbocycles. The van der Waals surface area contributed by atoms with Gasteiger partial charge in [0, 0.05) is 24.7 Å². The topological polar surface area (TPSA) is 74.7 Å². The van der Waals surface area contributed by atoms with Crippen LogP contribution >= 0.6 is 11.8 Å². The van der Waals surface area contributed by atoms with Crippen LogP contribution in [0.15, 0.2) is 52.3 Å². The van der Waals surface area contributed by atoms with Gasteiger partial charge < -0.3 is 5.11 Å². The Labute approximate surface area is 146 Å². The largest absolute Gasteiger partial charge is 0.478 e. The van der Waals surface area contributed by atoms with Gasteiger partial charge in [-0.1, -0.05) is 29.8 Å². The van der Waals surface area contributed by atoms with E-state index in [0.29, 0.717) is 10.6 Å². The van der Waals surface area contributed by atoms with Crippen molar-refractivity contribution < 1.29 is 18.3 Å². The molecule has 0 unspecified atom stereocenters. The van der Waals surface area contributed by atoms with Crippen molar-refractivity contribution in [3.63, 3.8) is 0 Å². The Morgan fingerprint density at radius 2 is 1.75 bits per heavy atom. The molecule has 0 aliphatic rings. The minimum atomic E-state index is -3.69. The van der Waals surface area contributed by atoms with Crippen LogP contribution < -0.4 is 0 Å². The number of aryl methyl sites for hydroxylation is 1. The lowest BCUT2D eigenvalue weighted by Gasteiger charge is -2.13. The second-order valence-corrected chi connectivity index (χ2v) is 8.76. The SMILES string of the molecule is Cc1ccc(CSc2cc(C(=O)O)cc(S(=O)(=O)N(C)C)c2)cc1. The van der Waals surface area contributed by atoms with E-state index in [1.54, 1.807) is 0 Å². The predicted molar refractivity (Wildman–Crippen MR) is 95.0 cm³/mol. The summed E-state index contributed by atoms with van der Waals surface area (Å²) >= 11 is 1.41. The molecule has 0 amide bonds. The summed E-state index contributed by atoms with van der Waals surface area (Å²) in [5.74, 6) is -0.520. The maximum absolute atomic E-state index is 12.3. The number of carbonyl (C=O) groups is 1. The van der Waals surface area contributed by atoms with Crippen LogP contribution in [0.4, 0.5) is 0 Å². The minimum absolute atomic E-state index is 0.0150. The van der Waals surface area contributed by atoms with Gasteiger partial charge >= 0.3 is 5.97 Å². The molecular formula is C17H19NO4S2. The zero-order chi connectivity index (χ0) is 17.9. The normalized spacial score (nSPS) is 11.7. The number of aromatic carboxylic acids is 1. The lowest BCUT2D eigenvalue weighted by atomic mass is 10.2. The summed E-state index contributed by atoms with van der Waals surface area (Å²) in [6, 6.07) is 12.2. The molecule has 1 N–H and O–H groups in total. The van der Waals surface area contributed by atoms with Crippen LogP contribution in [0.3, 0.4) is 0 Å². The Morgan fingerprint density at radius 3 is 2.29 bits per heavy atom. The molecule has 5 nitrogen and oxygen atoms in total. The highest BCUT2D eigenvalue weighted by atomic mass is 32.2. The Hall–Kier alpha value is -1.83. The summed E-state index contributed by atoms with van der Waals surface area (Å²) in [5.41, 5.74) is 2.21. The summed E-state index contributed by atoms with van der Waals surface area (Å²) in [6.07, 6.45) is 0. The van der Waals surface area contributed by atoms with E-state index >= 15 is 0 Å². The number of hydrogen-bond donors (Lipinski definition) is 1. The molecule has 0 aromatic heterocycles. The maximum atomic E-state index is 12.3. The minimum Gasteiger partial charge on any atom is -0.478 e. The van der Waals surface area contributed by atoms with Crippen LogP contribution in [0.5, 0.6) is 0 Å². The summed E-state index contributed by atoms with van der Waals surface area (Å²) in [4.78, 5) is 11.9. The fourth-order valence-electron chi connectivity index (χ4n) is 1.99. The summed E-state index contributed by atoms with van der Waals surface area (Å²) in [6.45, 7) is 2.01. The molecule has 0 aliphatic heterocycles. The molecule has 0 saturated heterocycles. The van der Waals surface area contributed by atoms with Crippen LogP contribution in [0.1, 0.15) is 21.5 Å². The Bertz CT molecular complexity index is 843.